The van der Waals surface area contributed by atoms with Crippen molar-refractivity contribution in [3.8, 4) is 22.8 Å². The van der Waals surface area contributed by atoms with E-state index in [1.165, 1.54) is 30.6 Å². The minimum Gasteiger partial charge on any atom is -0.496 e. The molecule has 0 saturated heterocycles. The van der Waals surface area contributed by atoms with Crippen LogP contribution in [0.15, 0.2) is 83.3 Å². The first-order chi connectivity index (χ1) is 15.6. The molecule has 0 unspecified atom stereocenters. The summed E-state index contributed by atoms with van der Waals surface area (Å²) in [4.78, 5) is 16.8. The van der Waals surface area contributed by atoms with E-state index in [1.807, 2.05) is 5.38 Å². The molecule has 0 atom stereocenters. The number of methoxy groups -OCH3 is 1. The van der Waals surface area contributed by atoms with Crippen LogP contribution in [0.2, 0.25) is 0 Å². The van der Waals surface area contributed by atoms with Crippen LogP contribution in [-0.2, 0) is 0 Å². The van der Waals surface area contributed by atoms with Crippen LogP contribution in [0.3, 0.4) is 0 Å². The number of para-hydroxylation sites is 1. The molecule has 4 rings (SSSR count). The fourth-order valence-electron chi connectivity index (χ4n) is 2.84. The molecule has 3 aromatic carbocycles. The molecule has 0 fully saturated rings. The van der Waals surface area contributed by atoms with Gasteiger partial charge in [0.25, 0.3) is 0 Å². The lowest BCUT2D eigenvalue weighted by molar-refractivity contribution is 0.0731. The predicted molar refractivity (Wildman–Crippen MR) is 123 cm³/mol. The lowest BCUT2D eigenvalue weighted by Crippen LogP contribution is -2.10. The fraction of sp³-hybridized carbons (Fsp3) is 0.0417. The van der Waals surface area contributed by atoms with Crippen molar-refractivity contribution in [2.75, 3.05) is 12.5 Å². The standard InChI is InChI=1S/C24H18FN3O3S/c1-30-22-5-3-2-4-20(22)23(29)31-19-12-6-16(7-13-19)14-26-28-24-27-21(15-32-24)17-8-10-18(25)11-9-17/h2-15H,1H3,(H,27,28)/b26-14-. The highest BCUT2D eigenvalue weighted by Gasteiger charge is 2.13. The molecular formula is C24H18FN3O3S. The van der Waals surface area contributed by atoms with Gasteiger partial charge in [0.2, 0.25) is 5.13 Å². The van der Waals surface area contributed by atoms with E-state index < -0.39 is 5.97 Å². The highest BCUT2D eigenvalue weighted by Crippen LogP contribution is 2.25. The summed E-state index contributed by atoms with van der Waals surface area (Å²) in [7, 11) is 1.50. The second-order valence-electron chi connectivity index (χ2n) is 6.57. The molecular weight excluding hydrogens is 429 g/mol. The van der Waals surface area contributed by atoms with Gasteiger partial charge < -0.3 is 9.47 Å². The summed E-state index contributed by atoms with van der Waals surface area (Å²) in [5, 5.41) is 6.67. The van der Waals surface area contributed by atoms with Gasteiger partial charge in [0.15, 0.2) is 0 Å². The van der Waals surface area contributed by atoms with Gasteiger partial charge in [-0.2, -0.15) is 5.10 Å². The molecule has 0 radical (unpaired) electrons. The summed E-state index contributed by atoms with van der Waals surface area (Å²) >= 11 is 1.40. The number of halogens is 1. The van der Waals surface area contributed by atoms with Crippen molar-refractivity contribution in [2.24, 2.45) is 5.10 Å². The number of nitrogens with zero attached hydrogens (tertiary/aromatic N) is 2. The number of carbonyl (C=O) groups is 1. The van der Waals surface area contributed by atoms with Gasteiger partial charge in [-0.05, 0) is 66.2 Å². The topological polar surface area (TPSA) is 72.8 Å². The second kappa shape index (κ2) is 9.84. The summed E-state index contributed by atoms with van der Waals surface area (Å²) in [5.41, 5.74) is 5.62. The van der Waals surface area contributed by atoms with Crippen LogP contribution in [0.1, 0.15) is 15.9 Å². The Bertz CT molecular complexity index is 1240. The fourth-order valence-corrected chi connectivity index (χ4v) is 3.51. The molecule has 0 bridgehead atoms. The Hall–Kier alpha value is -4.04. The molecule has 0 aliphatic carbocycles. The normalized spacial score (nSPS) is 10.8. The SMILES string of the molecule is COc1ccccc1C(=O)Oc1ccc(/C=N\Nc2nc(-c3ccc(F)cc3)cs2)cc1. The Morgan fingerprint density at radius 3 is 2.56 bits per heavy atom. The third-order valence-corrected chi connectivity index (χ3v) is 5.18. The van der Waals surface area contributed by atoms with Crippen LogP contribution >= 0.6 is 11.3 Å². The first-order valence-corrected chi connectivity index (χ1v) is 10.5. The lowest BCUT2D eigenvalue weighted by atomic mass is 10.2. The highest BCUT2D eigenvalue weighted by atomic mass is 32.1. The number of anilines is 1. The van der Waals surface area contributed by atoms with Crippen LogP contribution in [0.4, 0.5) is 9.52 Å². The van der Waals surface area contributed by atoms with E-state index in [4.69, 9.17) is 9.47 Å². The number of esters is 1. The zero-order chi connectivity index (χ0) is 22.3. The van der Waals surface area contributed by atoms with Crippen molar-refractivity contribution in [2.45, 2.75) is 0 Å². The van der Waals surface area contributed by atoms with Crippen LogP contribution in [0.5, 0.6) is 11.5 Å². The first kappa shape index (κ1) is 21.2. The summed E-state index contributed by atoms with van der Waals surface area (Å²) < 4.78 is 23.7. The molecule has 160 valence electrons. The highest BCUT2D eigenvalue weighted by molar-refractivity contribution is 7.14. The Morgan fingerprint density at radius 2 is 1.81 bits per heavy atom. The van der Waals surface area contributed by atoms with E-state index >= 15 is 0 Å². The average Bonchev–Trinajstić information content (AvgIpc) is 3.29. The number of nitrogens with one attached hydrogen (secondary N) is 1. The van der Waals surface area contributed by atoms with Crippen molar-refractivity contribution < 1.29 is 18.7 Å². The molecule has 0 saturated carbocycles. The number of ether oxygens (including phenoxy) is 2. The Labute approximate surface area is 188 Å². The molecule has 0 spiro atoms. The molecule has 8 heteroatoms. The van der Waals surface area contributed by atoms with Crippen molar-refractivity contribution in [3.63, 3.8) is 0 Å². The van der Waals surface area contributed by atoms with E-state index in [-0.39, 0.29) is 5.82 Å². The molecule has 1 N–H and O–H groups in total. The molecule has 1 aromatic heterocycles. The quantitative estimate of drug-likeness (QED) is 0.172. The molecule has 0 aliphatic heterocycles. The molecule has 1 heterocycles. The summed E-state index contributed by atoms with van der Waals surface area (Å²) in [5.74, 6) is 0.0887. The minimum atomic E-state index is -0.494. The van der Waals surface area contributed by atoms with E-state index in [0.717, 1.165) is 16.8 Å². The van der Waals surface area contributed by atoms with Gasteiger partial charge in [-0.3, -0.25) is 5.43 Å². The summed E-state index contributed by atoms with van der Waals surface area (Å²) in [6.45, 7) is 0. The van der Waals surface area contributed by atoms with Crippen molar-refractivity contribution in [1.29, 1.82) is 0 Å². The summed E-state index contributed by atoms with van der Waals surface area (Å²) in [6.07, 6.45) is 1.63. The number of hydrogen-bond donors (Lipinski definition) is 1. The maximum Gasteiger partial charge on any atom is 0.347 e. The monoisotopic (exact) mass is 447 g/mol. The maximum atomic E-state index is 13.1. The number of thiazole rings is 1. The van der Waals surface area contributed by atoms with Gasteiger partial charge in [0.1, 0.15) is 22.9 Å². The number of benzene rings is 3. The smallest absolute Gasteiger partial charge is 0.347 e. The van der Waals surface area contributed by atoms with Crippen molar-refractivity contribution in [1.82, 2.24) is 4.98 Å². The number of aromatic nitrogens is 1. The molecule has 0 amide bonds. The maximum absolute atomic E-state index is 13.1. The zero-order valence-electron chi connectivity index (χ0n) is 17.0. The number of rotatable bonds is 7. The van der Waals surface area contributed by atoms with E-state index in [1.54, 1.807) is 66.9 Å². The third kappa shape index (κ3) is 5.16. The van der Waals surface area contributed by atoms with Gasteiger partial charge >= 0.3 is 5.97 Å². The van der Waals surface area contributed by atoms with Gasteiger partial charge in [-0.15, -0.1) is 11.3 Å². The number of hydrogen-bond acceptors (Lipinski definition) is 7. The molecule has 32 heavy (non-hydrogen) atoms. The minimum absolute atomic E-state index is 0.285. The number of carbonyl (C=O) groups excluding carboxylic acids is 1. The van der Waals surface area contributed by atoms with Crippen LogP contribution in [0.25, 0.3) is 11.3 Å². The molecule has 6 nitrogen and oxygen atoms in total. The van der Waals surface area contributed by atoms with Gasteiger partial charge in [-0.1, -0.05) is 12.1 Å². The lowest BCUT2D eigenvalue weighted by Gasteiger charge is -2.08. The van der Waals surface area contributed by atoms with Crippen LogP contribution < -0.4 is 14.9 Å². The largest absolute Gasteiger partial charge is 0.496 e. The predicted octanol–water partition coefficient (Wildman–Crippen LogP) is 5.62. The Kier molecular flexibility index (Phi) is 6.52. The number of hydrazone groups is 1. The van der Waals surface area contributed by atoms with E-state index in [9.17, 15) is 9.18 Å². The Morgan fingerprint density at radius 1 is 1.06 bits per heavy atom. The average molecular weight is 447 g/mol. The van der Waals surface area contributed by atoms with Crippen LogP contribution in [0, 0.1) is 5.82 Å². The van der Waals surface area contributed by atoms with Gasteiger partial charge in [-0.25, -0.2) is 14.2 Å². The van der Waals surface area contributed by atoms with Gasteiger partial charge in [0, 0.05) is 10.9 Å². The van der Waals surface area contributed by atoms with Crippen molar-refractivity contribution in [3.05, 3.63) is 95.1 Å². The summed E-state index contributed by atoms with van der Waals surface area (Å²) in [6, 6.07) is 20.0. The first-order valence-electron chi connectivity index (χ1n) is 9.58. The zero-order valence-corrected chi connectivity index (χ0v) is 17.8. The van der Waals surface area contributed by atoms with Gasteiger partial charge in [0.05, 0.1) is 19.0 Å². The van der Waals surface area contributed by atoms with E-state index in [2.05, 4.69) is 15.5 Å². The molecule has 0 aliphatic rings. The third-order valence-electron chi connectivity index (χ3n) is 4.44. The second-order valence-corrected chi connectivity index (χ2v) is 7.43. The van der Waals surface area contributed by atoms with Crippen molar-refractivity contribution >= 4 is 28.7 Å². The van der Waals surface area contributed by atoms with E-state index in [0.29, 0.717) is 22.2 Å². The Balaban J connectivity index is 1.35. The van der Waals surface area contributed by atoms with Crippen LogP contribution in [-0.4, -0.2) is 24.3 Å². The molecule has 4 aromatic rings.